The Balaban J connectivity index is 0.918. The SMILES string of the molecule is CCN(CC)[C@@H](C(=O)N1CCC[C@H]1c1ncc(-c2ccc(-c3ccc(-c4cnc([C@@H]5CCCN5C(=O)C5CCC[C@@H]5NC(=O)OC)[nH]4)cc3)cc2)[nH]1)c1ccccc1. The van der Waals surface area contributed by atoms with Crippen molar-refractivity contribution >= 4 is 17.9 Å². The number of aromatic amines is 2. The number of benzene rings is 3. The monoisotopic (exact) mass is 782 g/mol. The van der Waals surface area contributed by atoms with Crippen molar-refractivity contribution in [1.29, 1.82) is 0 Å². The van der Waals surface area contributed by atoms with Gasteiger partial charge in [0.2, 0.25) is 11.8 Å². The minimum Gasteiger partial charge on any atom is -0.453 e. The molecule has 1 saturated carbocycles. The smallest absolute Gasteiger partial charge is 0.407 e. The van der Waals surface area contributed by atoms with Crippen LogP contribution in [0.15, 0.2) is 91.3 Å². The lowest BCUT2D eigenvalue weighted by Crippen LogP contribution is -2.45. The molecule has 12 nitrogen and oxygen atoms in total. The number of imidazole rings is 2. The molecule has 0 radical (unpaired) electrons. The first-order chi connectivity index (χ1) is 28.4. The van der Waals surface area contributed by atoms with E-state index in [9.17, 15) is 14.4 Å². The Morgan fingerprint density at radius 3 is 1.81 bits per heavy atom. The Morgan fingerprint density at radius 2 is 1.26 bits per heavy atom. The number of ether oxygens (including phenoxy) is 1. The van der Waals surface area contributed by atoms with E-state index in [4.69, 9.17) is 14.7 Å². The molecule has 3 fully saturated rings. The number of carbonyl (C=O) groups excluding carboxylic acids is 3. The maximum absolute atomic E-state index is 14.2. The largest absolute Gasteiger partial charge is 0.453 e. The zero-order valence-corrected chi connectivity index (χ0v) is 33.7. The third-order valence-corrected chi connectivity index (χ3v) is 12.5. The van der Waals surface area contributed by atoms with Crippen LogP contribution in [0.25, 0.3) is 33.6 Å². The van der Waals surface area contributed by atoms with Crippen molar-refractivity contribution < 1.29 is 19.1 Å². The van der Waals surface area contributed by atoms with Gasteiger partial charge in [-0.2, -0.15) is 0 Å². The van der Waals surface area contributed by atoms with E-state index in [0.717, 1.165) is 115 Å². The van der Waals surface area contributed by atoms with E-state index in [2.05, 4.69) is 94.7 Å². The molecule has 2 aliphatic heterocycles. The van der Waals surface area contributed by atoms with Crippen LogP contribution in [0.2, 0.25) is 0 Å². The molecule has 8 rings (SSSR count). The van der Waals surface area contributed by atoms with Gasteiger partial charge in [0, 0.05) is 19.1 Å². The van der Waals surface area contributed by atoms with E-state index in [1.54, 1.807) is 0 Å². The molecule has 3 aromatic carbocycles. The topological polar surface area (TPSA) is 140 Å². The molecule has 5 aromatic rings. The van der Waals surface area contributed by atoms with E-state index >= 15 is 0 Å². The Kier molecular flexibility index (Phi) is 11.7. The first-order valence-corrected chi connectivity index (χ1v) is 20.9. The highest BCUT2D eigenvalue weighted by molar-refractivity contribution is 5.84. The average Bonchev–Trinajstić information content (AvgIpc) is 4.12. The van der Waals surface area contributed by atoms with E-state index < -0.39 is 6.09 Å². The lowest BCUT2D eigenvalue weighted by atomic mass is 10.0. The fourth-order valence-corrected chi connectivity index (χ4v) is 9.36. The molecule has 3 amide bonds. The lowest BCUT2D eigenvalue weighted by molar-refractivity contribution is -0.138. The number of hydrogen-bond donors (Lipinski definition) is 3. The first-order valence-electron chi connectivity index (χ1n) is 20.9. The van der Waals surface area contributed by atoms with E-state index in [1.165, 1.54) is 7.11 Å². The Labute approximate surface area is 340 Å². The molecule has 2 aromatic heterocycles. The van der Waals surface area contributed by atoms with Crippen molar-refractivity contribution in [3.63, 3.8) is 0 Å². The summed E-state index contributed by atoms with van der Waals surface area (Å²) in [6.45, 7) is 7.22. The highest BCUT2D eigenvalue weighted by atomic mass is 16.5. The maximum atomic E-state index is 14.2. The zero-order valence-electron chi connectivity index (χ0n) is 33.7. The minimum absolute atomic E-state index is 0.0817. The van der Waals surface area contributed by atoms with E-state index in [0.29, 0.717) is 6.54 Å². The highest BCUT2D eigenvalue weighted by Crippen LogP contribution is 2.38. The van der Waals surface area contributed by atoms with E-state index in [-0.39, 0.29) is 41.9 Å². The van der Waals surface area contributed by atoms with Crippen LogP contribution in [0, 0.1) is 5.92 Å². The number of aromatic nitrogens is 4. The molecule has 0 bridgehead atoms. The van der Waals surface area contributed by atoms with Crippen molar-refractivity contribution in [3.05, 3.63) is 108 Å². The summed E-state index contributed by atoms with van der Waals surface area (Å²) >= 11 is 0. The molecule has 3 N–H and O–H groups in total. The van der Waals surface area contributed by atoms with Crippen LogP contribution in [-0.2, 0) is 14.3 Å². The molecule has 302 valence electrons. The first kappa shape index (κ1) is 39.1. The normalized spacial score (nSPS) is 21.1. The fourth-order valence-electron chi connectivity index (χ4n) is 9.36. The summed E-state index contributed by atoms with van der Waals surface area (Å²) in [5.74, 6) is 1.59. The summed E-state index contributed by atoms with van der Waals surface area (Å²) in [4.78, 5) is 62.7. The van der Waals surface area contributed by atoms with Gasteiger partial charge in [-0.15, -0.1) is 0 Å². The molecule has 2 saturated heterocycles. The lowest BCUT2D eigenvalue weighted by Gasteiger charge is -2.34. The number of nitrogens with zero attached hydrogens (tertiary/aromatic N) is 5. The highest BCUT2D eigenvalue weighted by Gasteiger charge is 2.42. The molecule has 5 atom stereocenters. The predicted octanol–water partition coefficient (Wildman–Crippen LogP) is 8.07. The van der Waals surface area contributed by atoms with Gasteiger partial charge in [-0.3, -0.25) is 14.5 Å². The average molecular weight is 783 g/mol. The summed E-state index contributed by atoms with van der Waals surface area (Å²) in [5.41, 5.74) is 7.11. The molecule has 4 heterocycles. The number of amides is 3. The van der Waals surface area contributed by atoms with Crippen molar-refractivity contribution in [3.8, 4) is 33.6 Å². The number of likely N-dealkylation sites (N-methyl/N-ethyl adjacent to an activating group) is 1. The van der Waals surface area contributed by atoms with Gasteiger partial charge in [0.25, 0.3) is 0 Å². The zero-order chi connectivity index (χ0) is 40.2. The second-order valence-corrected chi connectivity index (χ2v) is 15.7. The molecule has 58 heavy (non-hydrogen) atoms. The summed E-state index contributed by atoms with van der Waals surface area (Å²) in [7, 11) is 1.35. The van der Waals surface area contributed by atoms with Gasteiger partial charge >= 0.3 is 6.09 Å². The molecule has 1 aliphatic carbocycles. The minimum atomic E-state index is -0.490. The van der Waals surface area contributed by atoms with Gasteiger partial charge in [-0.1, -0.05) is 99.1 Å². The second-order valence-electron chi connectivity index (χ2n) is 15.7. The number of hydrogen-bond acceptors (Lipinski definition) is 7. The fraction of sp³-hybridized carbons (Fsp3) is 0.413. The summed E-state index contributed by atoms with van der Waals surface area (Å²) < 4.78 is 4.80. The van der Waals surface area contributed by atoms with Crippen LogP contribution >= 0.6 is 0 Å². The van der Waals surface area contributed by atoms with Crippen LogP contribution < -0.4 is 5.32 Å². The standard InChI is InChI=1S/C46H54N8O4/c1-4-52(5-2)41(34-12-7-6-8-13-34)45(56)54-27-11-17-40(54)43-48-29-38(50-43)33-24-20-31(21-25-33)30-18-22-32(23-19-30)37-28-47-42(49-37)39-16-10-26-53(39)44(55)35-14-9-15-36(35)51-46(57)58-3/h6-8,12-13,18-25,28-29,35-36,39-41H,4-5,9-11,14-17,26-27H2,1-3H3,(H,47,49)(H,48,50)(H,51,57)/t35?,36-,39-,40-,41+/m0/s1. The van der Waals surface area contributed by atoms with Crippen LogP contribution in [0.4, 0.5) is 4.79 Å². The number of H-pyrrole nitrogens is 2. The quantitative estimate of drug-likeness (QED) is 0.116. The summed E-state index contributed by atoms with van der Waals surface area (Å²) in [6.07, 6.45) is 9.26. The second kappa shape index (κ2) is 17.4. The number of methoxy groups -OCH3 is 1. The van der Waals surface area contributed by atoms with E-state index in [1.807, 2.05) is 40.4 Å². The summed E-state index contributed by atoms with van der Waals surface area (Å²) in [5, 5.41) is 2.87. The van der Waals surface area contributed by atoms with Crippen molar-refractivity contribution in [1.82, 2.24) is 40.0 Å². The molecule has 12 heteroatoms. The third-order valence-electron chi connectivity index (χ3n) is 12.5. The Morgan fingerprint density at radius 1 is 0.724 bits per heavy atom. The van der Waals surface area contributed by atoms with Gasteiger partial charge in [-0.05, 0) is 79.4 Å². The maximum Gasteiger partial charge on any atom is 0.407 e. The van der Waals surface area contributed by atoms with Gasteiger partial charge in [0.1, 0.15) is 17.7 Å². The third kappa shape index (κ3) is 7.90. The Bertz CT molecular complexity index is 2180. The predicted molar refractivity (Wildman–Crippen MR) is 223 cm³/mol. The van der Waals surface area contributed by atoms with Crippen molar-refractivity contribution in [2.75, 3.05) is 33.3 Å². The number of carbonyl (C=O) groups is 3. The van der Waals surface area contributed by atoms with Gasteiger partial charge in [0.15, 0.2) is 0 Å². The van der Waals surface area contributed by atoms with Crippen LogP contribution in [0.3, 0.4) is 0 Å². The van der Waals surface area contributed by atoms with Crippen LogP contribution in [0.5, 0.6) is 0 Å². The molecular weight excluding hydrogens is 729 g/mol. The van der Waals surface area contributed by atoms with Gasteiger partial charge in [0.05, 0.1) is 48.9 Å². The van der Waals surface area contributed by atoms with Crippen LogP contribution in [0.1, 0.15) is 94.1 Å². The van der Waals surface area contributed by atoms with Crippen LogP contribution in [-0.4, -0.2) is 91.9 Å². The molecule has 0 spiro atoms. The number of alkyl carbamates (subject to hydrolysis) is 1. The number of likely N-dealkylation sites (tertiary alicyclic amines) is 2. The molecule has 3 aliphatic rings. The van der Waals surface area contributed by atoms with Crippen molar-refractivity contribution in [2.24, 2.45) is 5.92 Å². The molecule has 1 unspecified atom stereocenters. The number of nitrogens with one attached hydrogen (secondary N) is 3. The summed E-state index contributed by atoms with van der Waals surface area (Å²) in [6, 6.07) is 26.3. The van der Waals surface area contributed by atoms with Gasteiger partial charge in [-0.25, -0.2) is 14.8 Å². The van der Waals surface area contributed by atoms with Gasteiger partial charge < -0.3 is 29.8 Å². The molecular formula is C46H54N8O4. The Hall–Kier alpha value is -5.75. The van der Waals surface area contributed by atoms with Crippen molar-refractivity contribution in [2.45, 2.75) is 83.0 Å². The number of rotatable bonds is 12.